The summed E-state index contributed by atoms with van der Waals surface area (Å²) >= 11 is 0. The average molecular weight is 411 g/mol. The fraction of sp³-hybridized carbons (Fsp3) is 0.435. The molecule has 158 valence electrons. The quantitative estimate of drug-likeness (QED) is 0.805. The largest absolute Gasteiger partial charge is 0.449 e. The van der Waals surface area contributed by atoms with E-state index >= 15 is 0 Å². The van der Waals surface area contributed by atoms with Gasteiger partial charge in [0.15, 0.2) is 12.1 Å². The third-order valence-corrected chi connectivity index (χ3v) is 5.96. The Hall–Kier alpha value is -2.45. The van der Waals surface area contributed by atoms with Crippen molar-refractivity contribution in [1.29, 1.82) is 0 Å². The highest BCUT2D eigenvalue weighted by Crippen LogP contribution is 2.44. The first-order valence-corrected chi connectivity index (χ1v) is 10.2. The van der Waals surface area contributed by atoms with E-state index in [0.717, 1.165) is 11.1 Å². The number of carbonyl (C=O) groups excluding carboxylic acids is 1. The van der Waals surface area contributed by atoms with E-state index in [1.165, 1.54) is 11.1 Å². The molecule has 0 saturated carbocycles. The molecule has 2 N–H and O–H groups in total. The van der Waals surface area contributed by atoms with Crippen molar-refractivity contribution in [3.05, 3.63) is 59.7 Å². The van der Waals surface area contributed by atoms with Crippen molar-refractivity contribution in [1.82, 2.24) is 5.32 Å². The number of alkyl carbamates (subject to hydrolysis) is 1. The Morgan fingerprint density at radius 1 is 1.07 bits per heavy atom. The molecule has 2 aromatic carbocycles. The summed E-state index contributed by atoms with van der Waals surface area (Å²) in [4.78, 5) is 12.6. The molecule has 5 rings (SSSR count). The number of hydrogen-bond donors (Lipinski definition) is 2. The molecule has 3 aliphatic rings. The highest BCUT2D eigenvalue weighted by molar-refractivity contribution is 5.79. The van der Waals surface area contributed by atoms with Crippen LogP contribution < -0.4 is 5.32 Å². The van der Waals surface area contributed by atoms with Crippen LogP contribution in [-0.4, -0.2) is 54.7 Å². The number of amides is 1. The Balaban J connectivity index is 1.28. The zero-order valence-corrected chi connectivity index (χ0v) is 16.9. The molecular weight excluding hydrogens is 386 g/mol. The van der Waals surface area contributed by atoms with Crippen LogP contribution >= 0.6 is 0 Å². The Bertz CT molecular complexity index is 915. The van der Waals surface area contributed by atoms with Gasteiger partial charge in [0.1, 0.15) is 18.8 Å². The van der Waals surface area contributed by atoms with Gasteiger partial charge in [-0.2, -0.15) is 0 Å². The van der Waals surface area contributed by atoms with Gasteiger partial charge in [0, 0.05) is 5.92 Å². The van der Waals surface area contributed by atoms with E-state index in [1.807, 2.05) is 24.3 Å². The maximum absolute atomic E-state index is 12.6. The average Bonchev–Trinajstić information content (AvgIpc) is 3.33. The molecule has 0 bridgehead atoms. The van der Waals surface area contributed by atoms with Crippen LogP contribution in [0.3, 0.4) is 0 Å². The van der Waals surface area contributed by atoms with E-state index in [9.17, 15) is 9.90 Å². The van der Waals surface area contributed by atoms with Gasteiger partial charge in [-0.05, 0) is 36.1 Å². The number of rotatable bonds is 4. The molecule has 7 heteroatoms. The van der Waals surface area contributed by atoms with Crippen LogP contribution in [0.4, 0.5) is 4.79 Å². The molecule has 0 spiro atoms. The molecule has 4 atom stereocenters. The van der Waals surface area contributed by atoms with Crippen LogP contribution in [-0.2, 0) is 18.9 Å². The Labute approximate surface area is 174 Å². The van der Waals surface area contributed by atoms with E-state index in [-0.39, 0.29) is 19.1 Å². The third kappa shape index (κ3) is 3.28. The van der Waals surface area contributed by atoms with E-state index in [1.54, 1.807) is 13.8 Å². The lowest BCUT2D eigenvalue weighted by Gasteiger charge is -2.25. The van der Waals surface area contributed by atoms with Gasteiger partial charge in [-0.25, -0.2) is 4.79 Å². The molecule has 1 aliphatic carbocycles. The van der Waals surface area contributed by atoms with Crippen molar-refractivity contribution in [3.63, 3.8) is 0 Å². The monoisotopic (exact) mass is 411 g/mol. The summed E-state index contributed by atoms with van der Waals surface area (Å²) in [5.41, 5.74) is 4.65. The normalized spacial score (nSPS) is 28.6. The summed E-state index contributed by atoms with van der Waals surface area (Å²) in [5.74, 6) is -0.828. The number of carbonyl (C=O) groups is 1. The number of fused-ring (bicyclic) bond motifs is 4. The minimum atomic E-state index is -0.809. The summed E-state index contributed by atoms with van der Waals surface area (Å²) in [7, 11) is 0. The fourth-order valence-electron chi connectivity index (χ4n) is 4.68. The van der Waals surface area contributed by atoms with Crippen LogP contribution in [0.25, 0.3) is 11.1 Å². The maximum atomic E-state index is 12.6. The van der Waals surface area contributed by atoms with Crippen molar-refractivity contribution in [2.24, 2.45) is 0 Å². The zero-order valence-electron chi connectivity index (χ0n) is 16.9. The predicted octanol–water partition coefficient (Wildman–Crippen LogP) is 2.76. The second-order valence-corrected chi connectivity index (χ2v) is 8.32. The molecule has 2 fully saturated rings. The van der Waals surface area contributed by atoms with Gasteiger partial charge in [0.05, 0.1) is 12.6 Å². The lowest BCUT2D eigenvalue weighted by molar-refractivity contribution is -0.210. The lowest BCUT2D eigenvalue weighted by atomic mass is 9.98. The van der Waals surface area contributed by atoms with Crippen molar-refractivity contribution in [2.45, 2.75) is 50.1 Å². The van der Waals surface area contributed by atoms with Crippen LogP contribution in [0, 0.1) is 0 Å². The number of hydrogen-bond acceptors (Lipinski definition) is 6. The molecule has 0 aromatic heterocycles. The Morgan fingerprint density at radius 3 is 2.33 bits per heavy atom. The maximum Gasteiger partial charge on any atom is 0.407 e. The number of benzene rings is 2. The molecule has 0 unspecified atom stereocenters. The van der Waals surface area contributed by atoms with Gasteiger partial charge >= 0.3 is 6.09 Å². The number of ether oxygens (including phenoxy) is 4. The van der Waals surface area contributed by atoms with E-state index in [2.05, 4.69) is 29.6 Å². The van der Waals surface area contributed by atoms with Gasteiger partial charge in [-0.15, -0.1) is 0 Å². The molecule has 2 heterocycles. The van der Waals surface area contributed by atoms with E-state index in [4.69, 9.17) is 18.9 Å². The summed E-state index contributed by atoms with van der Waals surface area (Å²) in [5, 5.41) is 12.4. The van der Waals surface area contributed by atoms with Crippen molar-refractivity contribution >= 4 is 6.09 Å². The number of aliphatic hydroxyl groups is 1. The van der Waals surface area contributed by atoms with Gasteiger partial charge < -0.3 is 29.4 Å². The predicted molar refractivity (Wildman–Crippen MR) is 108 cm³/mol. The van der Waals surface area contributed by atoms with Gasteiger partial charge in [0.25, 0.3) is 0 Å². The van der Waals surface area contributed by atoms with Gasteiger partial charge in [-0.1, -0.05) is 48.5 Å². The molecule has 1 amide bonds. The van der Waals surface area contributed by atoms with Crippen LogP contribution in [0.15, 0.2) is 48.5 Å². The summed E-state index contributed by atoms with van der Waals surface area (Å²) in [6.45, 7) is 3.53. The molecule has 2 aromatic rings. The first kappa shape index (κ1) is 19.5. The van der Waals surface area contributed by atoms with Crippen molar-refractivity contribution < 1.29 is 28.8 Å². The Morgan fingerprint density at radius 2 is 1.70 bits per heavy atom. The topological polar surface area (TPSA) is 86.2 Å². The standard InChI is InChI=1S/C23H25NO6/c1-23(2)29-20-19(18(11-25)28-21(20)30-23)24-22(26)27-12-17-15-9-5-3-7-13(15)14-8-4-6-10-16(14)17/h3-10,17-21,25H,11-12H2,1-2H3,(H,24,26)/t18-,19-,20-,21-/m0/s1. The first-order chi connectivity index (χ1) is 14.5. The molecule has 2 saturated heterocycles. The van der Waals surface area contributed by atoms with Gasteiger partial charge in [0.2, 0.25) is 0 Å². The van der Waals surface area contributed by atoms with Crippen LogP contribution in [0.5, 0.6) is 0 Å². The molecule has 0 radical (unpaired) electrons. The molecule has 7 nitrogen and oxygen atoms in total. The summed E-state index contributed by atoms with van der Waals surface area (Å²) in [6.07, 6.45) is -2.32. The second kappa shape index (κ2) is 7.35. The second-order valence-electron chi connectivity index (χ2n) is 8.32. The van der Waals surface area contributed by atoms with E-state index < -0.39 is 36.4 Å². The van der Waals surface area contributed by atoms with Crippen LogP contribution in [0.2, 0.25) is 0 Å². The zero-order chi connectivity index (χ0) is 20.9. The minimum Gasteiger partial charge on any atom is -0.449 e. The van der Waals surface area contributed by atoms with Crippen molar-refractivity contribution in [3.8, 4) is 11.1 Å². The lowest BCUT2D eigenvalue weighted by Crippen LogP contribution is -2.49. The number of aliphatic hydroxyl groups excluding tert-OH is 1. The summed E-state index contributed by atoms with van der Waals surface area (Å²) < 4.78 is 22.8. The highest BCUT2D eigenvalue weighted by atomic mass is 16.8. The first-order valence-electron chi connectivity index (χ1n) is 10.2. The highest BCUT2D eigenvalue weighted by Gasteiger charge is 2.55. The molecule has 2 aliphatic heterocycles. The SMILES string of the molecule is CC1(C)O[C@@H]2O[C@@H](CO)[C@H](NC(=O)OCC3c4ccccc4-c4ccccc43)[C@@H]2O1. The fourth-order valence-corrected chi connectivity index (χ4v) is 4.68. The van der Waals surface area contributed by atoms with Crippen LogP contribution in [0.1, 0.15) is 30.9 Å². The number of nitrogens with one attached hydrogen (secondary N) is 1. The summed E-state index contributed by atoms with van der Waals surface area (Å²) in [6, 6.07) is 15.8. The molecular formula is C23H25NO6. The minimum absolute atomic E-state index is 0.0191. The van der Waals surface area contributed by atoms with E-state index in [0.29, 0.717) is 0 Å². The molecule has 30 heavy (non-hydrogen) atoms. The third-order valence-electron chi connectivity index (χ3n) is 5.96. The van der Waals surface area contributed by atoms with Crippen molar-refractivity contribution in [2.75, 3.05) is 13.2 Å². The Kier molecular flexibility index (Phi) is 4.78. The smallest absolute Gasteiger partial charge is 0.407 e. The van der Waals surface area contributed by atoms with Gasteiger partial charge in [-0.3, -0.25) is 0 Å².